The molecule has 2 amide bonds. The quantitative estimate of drug-likeness (QED) is 0.732. The van der Waals surface area contributed by atoms with E-state index in [9.17, 15) is 18.0 Å². The molecule has 7 nitrogen and oxygen atoms in total. The Morgan fingerprint density at radius 3 is 2.31 bits per heavy atom. The fraction of sp³-hybridized carbons (Fsp3) is 0.889. The summed E-state index contributed by atoms with van der Waals surface area (Å²) in [6, 6.07) is -0.690. The van der Waals surface area contributed by atoms with Gasteiger partial charge < -0.3 is 15.0 Å². The van der Waals surface area contributed by atoms with Gasteiger partial charge in [0.1, 0.15) is 5.60 Å². The van der Waals surface area contributed by atoms with Gasteiger partial charge in [-0.2, -0.15) is 0 Å². The largest absolute Gasteiger partial charge is 0.369 e. The highest BCUT2D eigenvalue weighted by Gasteiger charge is 2.46. The van der Waals surface area contributed by atoms with E-state index in [-0.39, 0.29) is 23.3 Å². The van der Waals surface area contributed by atoms with E-state index >= 15 is 0 Å². The molecule has 1 N–H and O–H groups in total. The second kappa shape index (κ2) is 8.25. The molecule has 2 saturated heterocycles. The van der Waals surface area contributed by atoms with Gasteiger partial charge in [0.2, 0.25) is 5.91 Å². The minimum absolute atomic E-state index is 0.151. The number of amides is 2. The lowest BCUT2D eigenvalue weighted by Crippen LogP contribution is -2.54. The van der Waals surface area contributed by atoms with Gasteiger partial charge in [0.25, 0.3) is 5.91 Å². The molecular weight excluding hydrogens is 356 g/mol. The van der Waals surface area contributed by atoms with Crippen LogP contribution in [-0.2, 0) is 24.2 Å². The number of hydrogen-bond acceptors (Lipinski definition) is 5. The lowest BCUT2D eigenvalue weighted by molar-refractivity contribution is -0.144. The molecule has 26 heavy (non-hydrogen) atoms. The topological polar surface area (TPSA) is 92.8 Å². The van der Waals surface area contributed by atoms with Gasteiger partial charge in [0.05, 0.1) is 23.5 Å². The van der Waals surface area contributed by atoms with Crippen molar-refractivity contribution in [3.8, 4) is 0 Å². The highest BCUT2D eigenvalue weighted by Crippen LogP contribution is 2.27. The normalized spacial score (nSPS) is 28.5. The molecule has 0 aliphatic carbocycles. The molecule has 150 valence electrons. The van der Waals surface area contributed by atoms with E-state index in [1.807, 2.05) is 6.92 Å². The molecule has 0 bridgehead atoms. The van der Waals surface area contributed by atoms with Crippen LogP contribution in [0.4, 0.5) is 0 Å². The summed E-state index contributed by atoms with van der Waals surface area (Å²) in [7, 11) is -1.90. The first-order chi connectivity index (χ1) is 12.2. The van der Waals surface area contributed by atoms with E-state index in [4.69, 9.17) is 4.74 Å². The molecule has 2 heterocycles. The maximum absolute atomic E-state index is 12.9. The third kappa shape index (κ3) is 4.57. The zero-order valence-electron chi connectivity index (χ0n) is 16.3. The van der Waals surface area contributed by atoms with Gasteiger partial charge in [-0.05, 0) is 32.1 Å². The maximum Gasteiger partial charge on any atom is 0.252 e. The molecule has 8 heteroatoms. The second-order valence-electron chi connectivity index (χ2n) is 7.73. The fourth-order valence-corrected chi connectivity index (χ4v) is 5.67. The average Bonchev–Trinajstić information content (AvgIpc) is 2.94. The molecule has 2 fully saturated rings. The average molecular weight is 389 g/mol. The number of hydrogen-bond donors (Lipinski definition) is 1. The predicted octanol–water partition coefficient (Wildman–Crippen LogP) is 0.980. The van der Waals surface area contributed by atoms with E-state index in [2.05, 4.69) is 12.2 Å². The van der Waals surface area contributed by atoms with Crippen LogP contribution in [0.25, 0.3) is 0 Å². The number of nitrogens with zero attached hydrogens (tertiary/aromatic N) is 1. The summed E-state index contributed by atoms with van der Waals surface area (Å²) in [4.78, 5) is 27.3. The number of nitrogens with one attached hydrogen (secondary N) is 1. The number of likely N-dealkylation sites (tertiary alicyclic amines) is 1. The number of piperidine rings is 1. The van der Waals surface area contributed by atoms with Crippen LogP contribution in [0.3, 0.4) is 0 Å². The van der Waals surface area contributed by atoms with Crippen LogP contribution in [0.5, 0.6) is 0 Å². The number of ether oxygens (including phenoxy) is 1. The van der Waals surface area contributed by atoms with Gasteiger partial charge in [-0.1, -0.05) is 20.3 Å². The summed E-state index contributed by atoms with van der Waals surface area (Å²) in [5, 5.41) is 2.78. The van der Waals surface area contributed by atoms with E-state index in [0.29, 0.717) is 25.4 Å². The summed E-state index contributed by atoms with van der Waals surface area (Å²) in [6.45, 7) is 6.98. The van der Waals surface area contributed by atoms with Crippen LogP contribution >= 0.6 is 0 Å². The van der Waals surface area contributed by atoms with E-state index in [0.717, 1.165) is 19.3 Å². The van der Waals surface area contributed by atoms with Crippen LogP contribution in [0.1, 0.15) is 46.5 Å². The van der Waals surface area contributed by atoms with Crippen molar-refractivity contribution >= 4 is 21.7 Å². The van der Waals surface area contributed by atoms with Crippen molar-refractivity contribution in [2.75, 3.05) is 31.7 Å². The molecule has 0 aromatic carbocycles. The SMILES string of the molecule is CCC1CCN(C(=O)[C@@H]2CS(=O)(=O)C[C@H]2NC(=O)C(C)(CC)OC)CC1. The van der Waals surface area contributed by atoms with E-state index in [1.54, 1.807) is 11.8 Å². The number of methoxy groups -OCH3 is 1. The van der Waals surface area contributed by atoms with E-state index in [1.165, 1.54) is 7.11 Å². The molecule has 2 rings (SSSR count). The Hall–Kier alpha value is -1.15. The number of carbonyl (C=O) groups is 2. The Morgan fingerprint density at radius 2 is 1.81 bits per heavy atom. The van der Waals surface area contributed by atoms with Crippen LogP contribution in [0, 0.1) is 11.8 Å². The zero-order valence-corrected chi connectivity index (χ0v) is 17.1. The first-order valence-corrected chi connectivity index (χ1v) is 11.3. The molecular formula is C18H32N2O5S. The summed E-state index contributed by atoms with van der Waals surface area (Å²) >= 11 is 0. The first kappa shape index (κ1) is 21.2. The molecule has 0 aromatic rings. The van der Waals surface area contributed by atoms with Gasteiger partial charge in [-0.25, -0.2) is 8.42 Å². The Morgan fingerprint density at radius 1 is 1.19 bits per heavy atom. The van der Waals surface area contributed by atoms with Crippen LogP contribution in [0.2, 0.25) is 0 Å². The van der Waals surface area contributed by atoms with Gasteiger partial charge in [-0.3, -0.25) is 9.59 Å². The van der Waals surface area contributed by atoms with Crippen molar-refractivity contribution in [3.05, 3.63) is 0 Å². The van der Waals surface area contributed by atoms with Crippen molar-refractivity contribution in [1.82, 2.24) is 10.2 Å². The highest BCUT2D eigenvalue weighted by atomic mass is 32.2. The Bertz CT molecular complexity index is 621. The van der Waals surface area contributed by atoms with Crippen molar-refractivity contribution in [3.63, 3.8) is 0 Å². The van der Waals surface area contributed by atoms with Crippen molar-refractivity contribution in [1.29, 1.82) is 0 Å². The summed E-state index contributed by atoms with van der Waals surface area (Å²) < 4.78 is 29.6. The maximum atomic E-state index is 12.9. The Labute approximate surface area is 156 Å². The smallest absolute Gasteiger partial charge is 0.252 e. The third-order valence-electron chi connectivity index (χ3n) is 6.10. The van der Waals surface area contributed by atoms with Crippen molar-refractivity contribution < 1.29 is 22.7 Å². The lowest BCUT2D eigenvalue weighted by atomic mass is 9.92. The zero-order chi connectivity index (χ0) is 19.5. The molecule has 0 saturated carbocycles. The number of carbonyl (C=O) groups excluding carboxylic acids is 2. The van der Waals surface area contributed by atoms with Gasteiger partial charge >= 0.3 is 0 Å². The minimum atomic E-state index is -3.35. The van der Waals surface area contributed by atoms with Gasteiger partial charge in [-0.15, -0.1) is 0 Å². The minimum Gasteiger partial charge on any atom is -0.369 e. The number of rotatable bonds is 6. The van der Waals surface area contributed by atoms with Crippen molar-refractivity contribution in [2.24, 2.45) is 11.8 Å². The van der Waals surface area contributed by atoms with Crippen LogP contribution < -0.4 is 5.32 Å². The molecule has 0 aromatic heterocycles. The molecule has 1 unspecified atom stereocenters. The molecule has 0 spiro atoms. The van der Waals surface area contributed by atoms with Gasteiger partial charge in [0.15, 0.2) is 9.84 Å². The van der Waals surface area contributed by atoms with Crippen molar-refractivity contribution in [2.45, 2.75) is 58.1 Å². The third-order valence-corrected chi connectivity index (χ3v) is 7.83. The molecule has 2 aliphatic heterocycles. The summed E-state index contributed by atoms with van der Waals surface area (Å²) in [6.07, 6.45) is 3.47. The lowest BCUT2D eigenvalue weighted by Gasteiger charge is -2.35. The monoisotopic (exact) mass is 388 g/mol. The second-order valence-corrected chi connectivity index (χ2v) is 9.88. The highest BCUT2D eigenvalue weighted by molar-refractivity contribution is 7.91. The summed E-state index contributed by atoms with van der Waals surface area (Å²) in [5.41, 5.74) is -1.03. The Kier molecular flexibility index (Phi) is 6.71. The molecule has 3 atom stereocenters. The first-order valence-electron chi connectivity index (χ1n) is 9.51. The number of sulfone groups is 1. The Balaban J connectivity index is 2.10. The van der Waals surface area contributed by atoms with E-state index < -0.39 is 27.4 Å². The van der Waals surface area contributed by atoms with Gasteiger partial charge in [0, 0.05) is 20.2 Å². The predicted molar refractivity (Wildman–Crippen MR) is 99.4 cm³/mol. The van der Waals surface area contributed by atoms with Crippen LogP contribution in [-0.4, -0.2) is 68.5 Å². The van der Waals surface area contributed by atoms with Crippen LogP contribution in [0.15, 0.2) is 0 Å². The summed E-state index contributed by atoms with van der Waals surface area (Å²) in [5.74, 6) is -0.979. The fourth-order valence-electron chi connectivity index (χ4n) is 3.75. The molecule has 2 aliphatic rings. The molecule has 0 radical (unpaired) electrons. The standard InChI is InChI=1S/C18H32N2O5S/c1-5-13-7-9-20(10-8-13)16(21)14-11-26(23,24)12-15(14)19-17(22)18(3,6-2)25-4/h13-15H,5-12H2,1-4H3,(H,19,22)/t14-,15-,18?/m1/s1.